The van der Waals surface area contributed by atoms with E-state index in [1.807, 2.05) is 0 Å². The van der Waals surface area contributed by atoms with E-state index in [2.05, 4.69) is 16.0 Å². The second-order valence-corrected chi connectivity index (χ2v) is 7.10. The summed E-state index contributed by atoms with van der Waals surface area (Å²) in [5.41, 5.74) is 0.874. The smallest absolute Gasteiger partial charge is 0.319 e. The van der Waals surface area contributed by atoms with E-state index in [4.69, 9.17) is 0 Å². The maximum atomic E-state index is 12.1. The number of fused-ring (bicyclic) bond motifs is 1. The fourth-order valence-electron chi connectivity index (χ4n) is 3.40. The normalized spacial score (nSPS) is 20.1. The second-order valence-electron chi connectivity index (χ2n) is 7.10. The Morgan fingerprint density at radius 2 is 1.88 bits per heavy atom. The maximum Gasteiger partial charge on any atom is 0.319 e. The van der Waals surface area contributed by atoms with Gasteiger partial charge in [0.15, 0.2) is 0 Å². The molecule has 4 amide bonds. The number of imide groups is 1. The Morgan fingerprint density at radius 1 is 1.17 bits per heavy atom. The zero-order valence-corrected chi connectivity index (χ0v) is 14.1. The number of carbonyl (C=O) groups excluding carboxylic acids is 3. The van der Waals surface area contributed by atoms with Crippen LogP contribution < -0.4 is 16.0 Å². The molecule has 6 heteroatoms. The summed E-state index contributed by atoms with van der Waals surface area (Å²) in [5, 5.41) is 8.13. The molecule has 24 heavy (non-hydrogen) atoms. The molecule has 1 saturated carbocycles. The van der Waals surface area contributed by atoms with E-state index in [0.29, 0.717) is 16.8 Å². The van der Waals surface area contributed by atoms with E-state index < -0.39 is 11.3 Å². The summed E-state index contributed by atoms with van der Waals surface area (Å²) in [4.78, 5) is 36.2. The first kappa shape index (κ1) is 16.5. The van der Waals surface area contributed by atoms with Crippen LogP contribution in [0.25, 0.3) is 0 Å². The molecular weight excluding hydrogens is 306 g/mol. The highest BCUT2D eigenvalue weighted by atomic mass is 16.2. The predicted octanol–water partition coefficient (Wildman–Crippen LogP) is 2.69. The number of hydrogen-bond donors (Lipinski definition) is 3. The Bertz CT molecular complexity index is 691. The van der Waals surface area contributed by atoms with Crippen molar-refractivity contribution in [1.82, 2.24) is 10.6 Å². The number of hydrogen-bond acceptors (Lipinski definition) is 3. The summed E-state index contributed by atoms with van der Waals surface area (Å²) in [5.74, 6) is -0.735. The van der Waals surface area contributed by atoms with Gasteiger partial charge in [-0.3, -0.25) is 14.9 Å². The Labute approximate surface area is 141 Å². The number of amides is 4. The third-order valence-corrected chi connectivity index (χ3v) is 4.93. The summed E-state index contributed by atoms with van der Waals surface area (Å²) in [6.45, 7) is 3.55. The Morgan fingerprint density at radius 3 is 2.58 bits per heavy atom. The number of rotatable bonds is 2. The van der Waals surface area contributed by atoms with Crippen molar-refractivity contribution in [3.05, 3.63) is 29.3 Å². The standard InChI is InChI=1S/C18H23N3O3/c1-18(2)14-9-8-12(10-13(14)15(22)21-16(18)23)20-17(24)19-11-6-4-3-5-7-11/h8-11H,3-7H2,1-2H3,(H2,19,20,24)(H,21,22,23). The largest absolute Gasteiger partial charge is 0.335 e. The highest BCUT2D eigenvalue weighted by molar-refractivity contribution is 6.13. The average Bonchev–Trinajstić information content (AvgIpc) is 2.54. The van der Waals surface area contributed by atoms with Gasteiger partial charge in [0.1, 0.15) is 0 Å². The van der Waals surface area contributed by atoms with Gasteiger partial charge in [-0.2, -0.15) is 0 Å². The van der Waals surface area contributed by atoms with Crippen LogP contribution in [0.1, 0.15) is 61.9 Å². The van der Waals surface area contributed by atoms with Gasteiger partial charge in [0.2, 0.25) is 5.91 Å². The van der Waals surface area contributed by atoms with Gasteiger partial charge in [-0.05, 0) is 44.4 Å². The third-order valence-electron chi connectivity index (χ3n) is 4.93. The first-order valence-corrected chi connectivity index (χ1v) is 8.46. The minimum atomic E-state index is -0.772. The Kier molecular flexibility index (Phi) is 4.30. The minimum absolute atomic E-state index is 0.219. The van der Waals surface area contributed by atoms with Crippen LogP contribution in [0.4, 0.5) is 10.5 Å². The van der Waals surface area contributed by atoms with Crippen molar-refractivity contribution < 1.29 is 14.4 Å². The highest BCUT2D eigenvalue weighted by Gasteiger charge is 2.39. The van der Waals surface area contributed by atoms with E-state index in [9.17, 15) is 14.4 Å². The van der Waals surface area contributed by atoms with Gasteiger partial charge in [-0.15, -0.1) is 0 Å². The molecule has 1 aliphatic heterocycles. The van der Waals surface area contributed by atoms with E-state index in [0.717, 1.165) is 25.7 Å². The average molecular weight is 329 g/mol. The van der Waals surface area contributed by atoms with E-state index in [1.54, 1.807) is 32.0 Å². The number of nitrogens with one attached hydrogen (secondary N) is 3. The zero-order valence-electron chi connectivity index (χ0n) is 14.1. The monoisotopic (exact) mass is 329 g/mol. The molecule has 0 atom stereocenters. The van der Waals surface area contributed by atoms with E-state index in [-0.39, 0.29) is 18.0 Å². The van der Waals surface area contributed by atoms with Crippen LogP contribution in [0.15, 0.2) is 18.2 Å². The first-order valence-electron chi connectivity index (χ1n) is 8.46. The summed E-state index contributed by atoms with van der Waals surface area (Å²) in [7, 11) is 0. The van der Waals surface area contributed by atoms with Gasteiger partial charge in [0.25, 0.3) is 5.91 Å². The molecule has 128 valence electrons. The summed E-state index contributed by atoms with van der Waals surface area (Å²) in [6, 6.07) is 5.05. The Hall–Kier alpha value is -2.37. The van der Waals surface area contributed by atoms with Crippen LogP contribution >= 0.6 is 0 Å². The molecule has 0 spiro atoms. The molecule has 0 bridgehead atoms. The molecule has 2 aliphatic rings. The van der Waals surface area contributed by atoms with Crippen LogP contribution in [-0.4, -0.2) is 23.9 Å². The molecule has 1 heterocycles. The van der Waals surface area contributed by atoms with Crippen molar-refractivity contribution in [3.8, 4) is 0 Å². The van der Waals surface area contributed by atoms with Crippen LogP contribution in [0, 0.1) is 0 Å². The molecule has 3 rings (SSSR count). The second kappa shape index (κ2) is 6.26. The lowest BCUT2D eigenvalue weighted by Gasteiger charge is -2.30. The van der Waals surface area contributed by atoms with Crippen molar-refractivity contribution in [2.45, 2.75) is 57.4 Å². The van der Waals surface area contributed by atoms with Gasteiger partial charge in [-0.1, -0.05) is 25.3 Å². The fourth-order valence-corrected chi connectivity index (χ4v) is 3.40. The quantitative estimate of drug-likeness (QED) is 0.729. The van der Waals surface area contributed by atoms with Gasteiger partial charge < -0.3 is 10.6 Å². The van der Waals surface area contributed by atoms with E-state index >= 15 is 0 Å². The molecule has 0 saturated heterocycles. The number of carbonyl (C=O) groups is 3. The lowest BCUT2D eigenvalue weighted by atomic mass is 9.78. The van der Waals surface area contributed by atoms with Crippen LogP contribution in [0.5, 0.6) is 0 Å². The molecule has 1 fully saturated rings. The SMILES string of the molecule is CC1(C)C(=O)NC(=O)c2cc(NC(=O)NC3CCCCC3)ccc21. The number of benzene rings is 1. The molecule has 1 aromatic carbocycles. The minimum Gasteiger partial charge on any atom is -0.335 e. The molecular formula is C18H23N3O3. The lowest BCUT2D eigenvalue weighted by Crippen LogP contribution is -2.48. The highest BCUT2D eigenvalue weighted by Crippen LogP contribution is 2.32. The van der Waals surface area contributed by atoms with Crippen molar-refractivity contribution in [2.24, 2.45) is 0 Å². The molecule has 3 N–H and O–H groups in total. The molecule has 1 aromatic rings. The fraction of sp³-hybridized carbons (Fsp3) is 0.500. The summed E-state index contributed by atoms with van der Waals surface area (Å²) >= 11 is 0. The van der Waals surface area contributed by atoms with Crippen molar-refractivity contribution >= 4 is 23.5 Å². The van der Waals surface area contributed by atoms with Crippen molar-refractivity contribution in [3.63, 3.8) is 0 Å². The number of urea groups is 1. The predicted molar refractivity (Wildman–Crippen MR) is 91.0 cm³/mol. The molecule has 6 nitrogen and oxygen atoms in total. The van der Waals surface area contributed by atoms with Gasteiger partial charge >= 0.3 is 6.03 Å². The molecule has 1 aliphatic carbocycles. The van der Waals surface area contributed by atoms with Crippen LogP contribution in [0.3, 0.4) is 0 Å². The van der Waals surface area contributed by atoms with Crippen LogP contribution in [-0.2, 0) is 10.2 Å². The lowest BCUT2D eigenvalue weighted by molar-refractivity contribution is -0.125. The van der Waals surface area contributed by atoms with Gasteiger partial charge in [0, 0.05) is 17.3 Å². The van der Waals surface area contributed by atoms with E-state index in [1.165, 1.54) is 6.42 Å². The first-order chi connectivity index (χ1) is 11.4. The zero-order chi connectivity index (χ0) is 17.3. The summed E-state index contributed by atoms with van der Waals surface area (Å²) in [6.07, 6.45) is 5.54. The number of anilines is 1. The third kappa shape index (κ3) is 3.13. The van der Waals surface area contributed by atoms with Gasteiger partial charge in [0.05, 0.1) is 5.41 Å². The molecule has 0 radical (unpaired) electrons. The maximum absolute atomic E-state index is 12.1. The van der Waals surface area contributed by atoms with Crippen LogP contribution in [0.2, 0.25) is 0 Å². The summed E-state index contributed by atoms with van der Waals surface area (Å²) < 4.78 is 0. The Balaban J connectivity index is 1.74. The van der Waals surface area contributed by atoms with Crippen molar-refractivity contribution in [1.29, 1.82) is 0 Å². The molecule has 0 aromatic heterocycles. The molecule has 0 unspecified atom stereocenters. The van der Waals surface area contributed by atoms with Gasteiger partial charge in [-0.25, -0.2) is 4.79 Å². The van der Waals surface area contributed by atoms with Crippen molar-refractivity contribution in [2.75, 3.05) is 5.32 Å². The topological polar surface area (TPSA) is 87.3 Å².